The van der Waals surface area contributed by atoms with Crippen molar-refractivity contribution in [3.63, 3.8) is 0 Å². The lowest BCUT2D eigenvalue weighted by Crippen LogP contribution is -2.06. The van der Waals surface area contributed by atoms with Crippen LogP contribution in [0.5, 0.6) is 11.5 Å². The molecule has 30 heavy (non-hydrogen) atoms. The van der Waals surface area contributed by atoms with Crippen LogP contribution in [0, 0.1) is 0 Å². The quantitative estimate of drug-likeness (QED) is 0.351. The van der Waals surface area contributed by atoms with E-state index in [2.05, 4.69) is 25.9 Å². The van der Waals surface area contributed by atoms with Crippen LogP contribution in [0.25, 0.3) is 22.2 Å². The number of fused-ring (bicyclic) bond motifs is 1. The topological polar surface area (TPSA) is 66.6 Å². The van der Waals surface area contributed by atoms with Gasteiger partial charge in [-0.15, -0.1) is 0 Å². The van der Waals surface area contributed by atoms with Crippen LogP contribution in [0.15, 0.2) is 63.8 Å². The predicted octanol–water partition coefficient (Wildman–Crippen LogP) is 5.60. The van der Waals surface area contributed by atoms with Gasteiger partial charge in [0.1, 0.15) is 27.9 Å². The Balaban J connectivity index is 1.64. The molecule has 0 saturated carbocycles. The Morgan fingerprint density at radius 2 is 1.80 bits per heavy atom. The van der Waals surface area contributed by atoms with Crippen LogP contribution in [-0.4, -0.2) is 31.3 Å². The molecule has 0 saturated heterocycles. The molecule has 154 valence electrons. The molecule has 0 radical (unpaired) electrons. The van der Waals surface area contributed by atoms with Crippen molar-refractivity contribution in [1.82, 2.24) is 9.97 Å². The van der Waals surface area contributed by atoms with Crippen molar-refractivity contribution in [3.05, 3.63) is 70.9 Å². The molecule has 0 bridgehead atoms. The number of hydrogen-bond acceptors (Lipinski definition) is 6. The van der Waals surface area contributed by atoms with E-state index in [1.165, 1.54) is 0 Å². The Morgan fingerprint density at radius 1 is 1.03 bits per heavy atom. The van der Waals surface area contributed by atoms with Crippen molar-refractivity contribution < 1.29 is 18.6 Å². The summed E-state index contributed by atoms with van der Waals surface area (Å²) in [7, 11) is 4.91. The second-order valence-electron chi connectivity index (χ2n) is 6.67. The van der Waals surface area contributed by atoms with E-state index in [4.69, 9.17) is 18.6 Å². The summed E-state index contributed by atoms with van der Waals surface area (Å²) in [5.41, 5.74) is 3.52. The Bertz CT molecular complexity index is 1140. The van der Waals surface area contributed by atoms with Crippen molar-refractivity contribution in [2.45, 2.75) is 12.5 Å². The van der Waals surface area contributed by atoms with E-state index in [1.54, 1.807) is 33.8 Å². The van der Waals surface area contributed by atoms with Crippen LogP contribution >= 0.6 is 15.9 Å². The van der Waals surface area contributed by atoms with Gasteiger partial charge >= 0.3 is 0 Å². The van der Waals surface area contributed by atoms with Gasteiger partial charge in [0, 0.05) is 24.3 Å². The monoisotopic (exact) mass is 468 g/mol. The van der Waals surface area contributed by atoms with Crippen LogP contribution in [0.2, 0.25) is 0 Å². The number of benzene rings is 2. The number of pyridine rings is 1. The van der Waals surface area contributed by atoms with E-state index in [0.29, 0.717) is 29.5 Å². The fourth-order valence-corrected chi connectivity index (χ4v) is 3.99. The Kier molecular flexibility index (Phi) is 6.01. The lowest BCUT2D eigenvalue weighted by molar-refractivity contribution is 0.0986. The molecule has 2 aromatic carbocycles. The molecular formula is C23H21BrN2O4. The number of ether oxygens (including phenoxy) is 3. The maximum Gasteiger partial charge on any atom is 0.197 e. The third-order valence-corrected chi connectivity index (χ3v) is 5.75. The lowest BCUT2D eigenvalue weighted by Gasteiger charge is -2.16. The molecule has 4 rings (SSSR count). The zero-order valence-electron chi connectivity index (χ0n) is 16.9. The second kappa shape index (κ2) is 8.85. The van der Waals surface area contributed by atoms with E-state index in [9.17, 15) is 0 Å². The summed E-state index contributed by atoms with van der Waals surface area (Å²) >= 11 is 3.49. The first-order chi connectivity index (χ1) is 14.6. The Labute approximate surface area is 182 Å². The number of hydrogen-bond donors (Lipinski definition) is 0. The molecule has 2 heterocycles. The summed E-state index contributed by atoms with van der Waals surface area (Å²) in [5.74, 6) is 1.90. The van der Waals surface area contributed by atoms with E-state index >= 15 is 0 Å². The molecule has 0 aliphatic rings. The number of aromatic nitrogens is 2. The number of nitrogens with zero attached hydrogens (tertiary/aromatic N) is 2. The number of methoxy groups -OCH3 is 3. The Morgan fingerprint density at radius 3 is 2.50 bits per heavy atom. The number of oxazole rings is 1. The van der Waals surface area contributed by atoms with Gasteiger partial charge in [0.15, 0.2) is 5.89 Å². The maximum absolute atomic E-state index is 5.78. The molecule has 0 spiro atoms. The molecule has 0 amide bonds. The van der Waals surface area contributed by atoms with Crippen molar-refractivity contribution >= 4 is 26.8 Å². The first-order valence-corrected chi connectivity index (χ1v) is 10.2. The van der Waals surface area contributed by atoms with Gasteiger partial charge in [0.05, 0.1) is 32.3 Å². The fourth-order valence-electron chi connectivity index (χ4n) is 3.44. The number of rotatable bonds is 7. The van der Waals surface area contributed by atoms with Crippen LogP contribution in [0.1, 0.15) is 17.6 Å². The SMILES string of the molecule is COc1cc(-c2coc(CC(OC)c3cccc4ncccc34)n2)cc(OC)c1Br. The zero-order valence-corrected chi connectivity index (χ0v) is 18.5. The Hall–Kier alpha value is -2.90. The normalized spacial score (nSPS) is 12.1. The minimum Gasteiger partial charge on any atom is -0.495 e. The zero-order chi connectivity index (χ0) is 21.1. The fraction of sp³-hybridized carbons (Fsp3) is 0.217. The molecule has 0 aliphatic carbocycles. The largest absolute Gasteiger partial charge is 0.495 e. The molecule has 0 aliphatic heterocycles. The summed E-state index contributed by atoms with van der Waals surface area (Å²) in [4.78, 5) is 9.09. The van der Waals surface area contributed by atoms with E-state index in [-0.39, 0.29) is 6.10 Å². The van der Waals surface area contributed by atoms with Gasteiger partial charge in [-0.05, 0) is 45.8 Å². The average Bonchev–Trinajstić information content (AvgIpc) is 3.26. The minimum absolute atomic E-state index is 0.210. The predicted molar refractivity (Wildman–Crippen MR) is 118 cm³/mol. The molecule has 2 aromatic heterocycles. The highest BCUT2D eigenvalue weighted by Gasteiger charge is 2.19. The van der Waals surface area contributed by atoms with Crippen LogP contribution in [-0.2, 0) is 11.2 Å². The van der Waals surface area contributed by atoms with Gasteiger partial charge in [-0.25, -0.2) is 4.98 Å². The molecule has 7 heteroatoms. The third-order valence-electron chi connectivity index (χ3n) is 4.96. The van der Waals surface area contributed by atoms with E-state index in [0.717, 1.165) is 26.5 Å². The van der Waals surface area contributed by atoms with Gasteiger partial charge in [-0.2, -0.15) is 0 Å². The first kappa shape index (κ1) is 20.4. The van der Waals surface area contributed by atoms with Gasteiger partial charge in [-0.3, -0.25) is 4.98 Å². The molecule has 0 N–H and O–H groups in total. The summed E-state index contributed by atoms with van der Waals surface area (Å²) in [5, 5.41) is 1.06. The maximum atomic E-state index is 5.78. The van der Waals surface area contributed by atoms with E-state index < -0.39 is 0 Å². The van der Waals surface area contributed by atoms with Crippen molar-refractivity contribution in [3.8, 4) is 22.8 Å². The summed E-state index contributed by atoms with van der Waals surface area (Å²) in [6.07, 6.45) is 3.71. The van der Waals surface area contributed by atoms with Gasteiger partial charge in [-0.1, -0.05) is 18.2 Å². The minimum atomic E-state index is -0.210. The summed E-state index contributed by atoms with van der Waals surface area (Å²) in [6.45, 7) is 0. The molecular weight excluding hydrogens is 448 g/mol. The molecule has 1 unspecified atom stereocenters. The molecule has 6 nitrogen and oxygen atoms in total. The van der Waals surface area contributed by atoms with Crippen LogP contribution in [0.4, 0.5) is 0 Å². The van der Waals surface area contributed by atoms with Crippen molar-refractivity contribution in [2.24, 2.45) is 0 Å². The summed E-state index contributed by atoms with van der Waals surface area (Å²) < 4.78 is 23.1. The van der Waals surface area contributed by atoms with Gasteiger partial charge < -0.3 is 18.6 Å². The average molecular weight is 469 g/mol. The van der Waals surface area contributed by atoms with Crippen molar-refractivity contribution in [2.75, 3.05) is 21.3 Å². The standard InChI is InChI=1S/C23H21BrN2O4/c1-27-19(16-6-4-8-17-15(16)7-5-9-25-17)12-22-26-18(13-30-22)14-10-20(28-2)23(24)21(11-14)29-3/h4-11,13,19H,12H2,1-3H3. The lowest BCUT2D eigenvalue weighted by atomic mass is 10.0. The highest BCUT2D eigenvalue weighted by atomic mass is 79.9. The first-order valence-electron chi connectivity index (χ1n) is 9.37. The molecule has 4 aromatic rings. The van der Waals surface area contributed by atoms with Gasteiger partial charge in [0.25, 0.3) is 0 Å². The molecule has 0 fully saturated rings. The van der Waals surface area contributed by atoms with Crippen LogP contribution < -0.4 is 9.47 Å². The smallest absolute Gasteiger partial charge is 0.197 e. The third kappa shape index (κ3) is 3.91. The molecule has 1 atom stereocenters. The highest BCUT2D eigenvalue weighted by Crippen LogP contribution is 2.39. The van der Waals surface area contributed by atoms with Crippen molar-refractivity contribution in [1.29, 1.82) is 0 Å². The second-order valence-corrected chi connectivity index (χ2v) is 7.46. The highest BCUT2D eigenvalue weighted by molar-refractivity contribution is 9.10. The van der Waals surface area contributed by atoms with E-state index in [1.807, 2.05) is 42.5 Å². The summed E-state index contributed by atoms with van der Waals surface area (Å²) in [6, 6.07) is 13.8. The van der Waals surface area contributed by atoms with Gasteiger partial charge in [0.2, 0.25) is 0 Å². The number of halogens is 1. The van der Waals surface area contributed by atoms with Crippen LogP contribution in [0.3, 0.4) is 0 Å².